The standard InChI is InChI=1S/C16H15ClN2O4S/c1-2-7-18-12(20)9-23-13(21)8-19-16(22)15-14(17)10-5-3-4-6-11(10)24-15/h2-6H,1,7-9H2,(H,18,20)(H,19,22). The molecule has 2 N–H and O–H groups in total. The molecule has 0 aliphatic heterocycles. The second-order valence-electron chi connectivity index (χ2n) is 4.68. The lowest BCUT2D eigenvalue weighted by Crippen LogP contribution is -2.33. The number of nitrogens with one attached hydrogen (secondary N) is 2. The molecule has 0 saturated heterocycles. The maximum Gasteiger partial charge on any atom is 0.325 e. The van der Waals surface area contributed by atoms with E-state index in [-0.39, 0.29) is 13.1 Å². The number of fused-ring (bicyclic) bond motifs is 1. The number of carbonyl (C=O) groups is 3. The van der Waals surface area contributed by atoms with Crippen molar-refractivity contribution in [2.45, 2.75) is 0 Å². The third-order valence-electron chi connectivity index (χ3n) is 2.94. The van der Waals surface area contributed by atoms with Crippen LogP contribution in [0.3, 0.4) is 0 Å². The van der Waals surface area contributed by atoms with Crippen LogP contribution in [0.4, 0.5) is 0 Å². The van der Waals surface area contributed by atoms with E-state index < -0.39 is 24.4 Å². The number of carbonyl (C=O) groups excluding carboxylic acids is 3. The first-order chi connectivity index (χ1) is 11.5. The van der Waals surface area contributed by atoms with Gasteiger partial charge in [0.25, 0.3) is 11.8 Å². The highest BCUT2D eigenvalue weighted by Crippen LogP contribution is 2.34. The average Bonchev–Trinajstić information content (AvgIpc) is 2.93. The zero-order chi connectivity index (χ0) is 17.5. The van der Waals surface area contributed by atoms with Crippen LogP contribution < -0.4 is 10.6 Å². The van der Waals surface area contributed by atoms with Crippen molar-refractivity contribution in [3.63, 3.8) is 0 Å². The minimum Gasteiger partial charge on any atom is -0.454 e. The van der Waals surface area contributed by atoms with Gasteiger partial charge in [-0.1, -0.05) is 35.9 Å². The number of thiophene rings is 1. The van der Waals surface area contributed by atoms with Crippen molar-refractivity contribution in [3.05, 3.63) is 46.8 Å². The summed E-state index contributed by atoms with van der Waals surface area (Å²) in [5.41, 5.74) is 0. The normalized spacial score (nSPS) is 10.2. The minimum atomic E-state index is -0.714. The van der Waals surface area contributed by atoms with E-state index in [2.05, 4.69) is 17.2 Å². The van der Waals surface area contributed by atoms with E-state index in [1.165, 1.54) is 17.4 Å². The van der Waals surface area contributed by atoms with Gasteiger partial charge in [-0.3, -0.25) is 14.4 Å². The number of benzene rings is 1. The maximum absolute atomic E-state index is 12.1. The SMILES string of the molecule is C=CCNC(=O)COC(=O)CNC(=O)c1sc2ccccc2c1Cl. The van der Waals surface area contributed by atoms with Gasteiger partial charge >= 0.3 is 5.97 Å². The fraction of sp³-hybridized carbons (Fsp3) is 0.188. The summed E-state index contributed by atoms with van der Waals surface area (Å²) >= 11 is 7.43. The fourth-order valence-electron chi connectivity index (χ4n) is 1.83. The van der Waals surface area contributed by atoms with E-state index >= 15 is 0 Å². The molecule has 0 unspecified atom stereocenters. The molecule has 1 aromatic carbocycles. The molecule has 0 bridgehead atoms. The van der Waals surface area contributed by atoms with Crippen molar-refractivity contribution < 1.29 is 19.1 Å². The summed E-state index contributed by atoms with van der Waals surface area (Å²) in [6.45, 7) is 2.98. The molecule has 0 atom stereocenters. The molecular formula is C16H15ClN2O4S. The summed E-state index contributed by atoms with van der Waals surface area (Å²) in [7, 11) is 0. The van der Waals surface area contributed by atoms with Crippen LogP contribution in [-0.2, 0) is 14.3 Å². The van der Waals surface area contributed by atoms with Crippen LogP contribution in [0.1, 0.15) is 9.67 Å². The Morgan fingerprint density at radius 3 is 2.71 bits per heavy atom. The van der Waals surface area contributed by atoms with E-state index in [1.807, 2.05) is 24.3 Å². The highest BCUT2D eigenvalue weighted by Gasteiger charge is 2.17. The zero-order valence-corrected chi connectivity index (χ0v) is 14.2. The van der Waals surface area contributed by atoms with Gasteiger partial charge < -0.3 is 15.4 Å². The number of hydrogen-bond donors (Lipinski definition) is 2. The van der Waals surface area contributed by atoms with E-state index in [4.69, 9.17) is 16.3 Å². The summed E-state index contributed by atoms with van der Waals surface area (Å²) in [6, 6.07) is 7.36. The van der Waals surface area contributed by atoms with Gasteiger partial charge in [-0.05, 0) is 6.07 Å². The Labute approximate surface area is 147 Å². The average molecular weight is 367 g/mol. The van der Waals surface area contributed by atoms with Crippen LogP contribution in [0.25, 0.3) is 10.1 Å². The predicted molar refractivity (Wildman–Crippen MR) is 93.3 cm³/mol. The number of esters is 1. The molecule has 2 aromatic rings. The van der Waals surface area contributed by atoms with Gasteiger partial charge in [0.15, 0.2) is 6.61 Å². The summed E-state index contributed by atoms with van der Waals surface area (Å²) < 4.78 is 5.63. The largest absolute Gasteiger partial charge is 0.454 e. The summed E-state index contributed by atoms with van der Waals surface area (Å²) in [4.78, 5) is 35.3. The summed E-state index contributed by atoms with van der Waals surface area (Å²) in [5.74, 6) is -1.62. The van der Waals surface area contributed by atoms with Crippen molar-refractivity contribution in [3.8, 4) is 0 Å². The molecular weight excluding hydrogens is 352 g/mol. The third-order valence-corrected chi connectivity index (χ3v) is 4.62. The number of hydrogen-bond acceptors (Lipinski definition) is 5. The molecule has 0 aliphatic rings. The van der Waals surface area contributed by atoms with Crippen LogP contribution in [0.15, 0.2) is 36.9 Å². The first-order valence-corrected chi connectivity index (χ1v) is 8.20. The lowest BCUT2D eigenvalue weighted by molar-refractivity contribution is -0.147. The van der Waals surface area contributed by atoms with Crippen molar-refractivity contribution in [2.24, 2.45) is 0 Å². The number of amides is 2. The smallest absolute Gasteiger partial charge is 0.325 e. The Morgan fingerprint density at radius 2 is 2.00 bits per heavy atom. The molecule has 1 aromatic heterocycles. The molecule has 2 amide bonds. The van der Waals surface area contributed by atoms with E-state index in [0.29, 0.717) is 9.90 Å². The molecule has 24 heavy (non-hydrogen) atoms. The Hall–Kier alpha value is -2.38. The second-order valence-corrected chi connectivity index (χ2v) is 6.11. The van der Waals surface area contributed by atoms with Gasteiger partial charge in [0.1, 0.15) is 11.4 Å². The Balaban J connectivity index is 1.86. The quantitative estimate of drug-likeness (QED) is 0.580. The zero-order valence-electron chi connectivity index (χ0n) is 12.6. The highest BCUT2D eigenvalue weighted by atomic mass is 35.5. The second kappa shape index (κ2) is 8.47. The fourth-order valence-corrected chi connectivity index (χ4v) is 3.26. The molecule has 0 spiro atoms. The van der Waals surface area contributed by atoms with Gasteiger partial charge in [0, 0.05) is 16.6 Å². The van der Waals surface area contributed by atoms with Gasteiger partial charge in [-0.2, -0.15) is 0 Å². The van der Waals surface area contributed by atoms with E-state index in [0.717, 1.165) is 10.1 Å². The highest BCUT2D eigenvalue weighted by molar-refractivity contribution is 7.21. The monoisotopic (exact) mass is 366 g/mol. The molecule has 0 saturated carbocycles. The molecule has 0 radical (unpaired) electrons. The van der Waals surface area contributed by atoms with Crippen molar-refractivity contribution in [2.75, 3.05) is 19.7 Å². The molecule has 0 fully saturated rings. The van der Waals surface area contributed by atoms with Crippen molar-refractivity contribution >= 4 is 50.8 Å². The van der Waals surface area contributed by atoms with Gasteiger partial charge in [0.2, 0.25) is 0 Å². The Kier molecular flexibility index (Phi) is 6.34. The Morgan fingerprint density at radius 1 is 1.25 bits per heavy atom. The minimum absolute atomic E-state index is 0.289. The summed E-state index contributed by atoms with van der Waals surface area (Å²) in [6.07, 6.45) is 1.51. The predicted octanol–water partition coefficient (Wildman–Crippen LogP) is 2.13. The van der Waals surface area contributed by atoms with Gasteiger partial charge in [0.05, 0.1) is 5.02 Å². The Bertz CT molecular complexity index is 787. The van der Waals surface area contributed by atoms with Crippen LogP contribution in [0.2, 0.25) is 5.02 Å². The van der Waals surface area contributed by atoms with Crippen LogP contribution >= 0.6 is 22.9 Å². The lowest BCUT2D eigenvalue weighted by atomic mass is 10.2. The van der Waals surface area contributed by atoms with Gasteiger partial charge in [-0.15, -0.1) is 17.9 Å². The van der Waals surface area contributed by atoms with Crippen molar-refractivity contribution in [1.82, 2.24) is 10.6 Å². The topological polar surface area (TPSA) is 84.5 Å². The molecule has 1 heterocycles. The van der Waals surface area contributed by atoms with Crippen LogP contribution in [0, 0.1) is 0 Å². The number of rotatable bonds is 7. The first kappa shape index (κ1) is 18.0. The lowest BCUT2D eigenvalue weighted by Gasteiger charge is -2.06. The maximum atomic E-state index is 12.1. The number of ether oxygens (including phenoxy) is 1. The third kappa shape index (κ3) is 4.56. The first-order valence-electron chi connectivity index (χ1n) is 7.01. The molecule has 2 rings (SSSR count). The molecule has 6 nitrogen and oxygen atoms in total. The van der Waals surface area contributed by atoms with Crippen LogP contribution in [-0.4, -0.2) is 37.5 Å². The molecule has 0 aliphatic carbocycles. The number of halogens is 1. The van der Waals surface area contributed by atoms with Gasteiger partial charge in [-0.25, -0.2) is 0 Å². The van der Waals surface area contributed by atoms with Crippen molar-refractivity contribution in [1.29, 1.82) is 0 Å². The molecule has 126 valence electrons. The van der Waals surface area contributed by atoms with E-state index in [9.17, 15) is 14.4 Å². The molecule has 8 heteroatoms. The van der Waals surface area contributed by atoms with Crippen LogP contribution in [0.5, 0.6) is 0 Å². The van der Waals surface area contributed by atoms with E-state index in [1.54, 1.807) is 0 Å². The summed E-state index contributed by atoms with van der Waals surface area (Å²) in [5, 5.41) is 6.04.